The molecule has 13 heteroatoms. The Morgan fingerprint density at radius 3 is 1.94 bits per heavy atom. The molecule has 1 unspecified atom stereocenters. The number of benzene rings is 1. The lowest BCUT2D eigenvalue weighted by molar-refractivity contribution is -0.143. The van der Waals surface area contributed by atoms with Crippen molar-refractivity contribution in [2.75, 3.05) is 0 Å². The summed E-state index contributed by atoms with van der Waals surface area (Å²) in [6.07, 6.45) is -12.8. The molecule has 1 aromatic heterocycles. The monoisotopic (exact) mass is 505 g/mol. The summed E-state index contributed by atoms with van der Waals surface area (Å²) in [5, 5.41) is 9.04. The highest BCUT2D eigenvalue weighted by molar-refractivity contribution is 6.31. The van der Waals surface area contributed by atoms with Gasteiger partial charge in [0.15, 0.2) is 0 Å². The zero-order valence-electron chi connectivity index (χ0n) is 16.1. The van der Waals surface area contributed by atoms with E-state index in [1.54, 1.807) is 0 Å². The van der Waals surface area contributed by atoms with E-state index in [1.165, 1.54) is 0 Å². The van der Waals surface area contributed by atoms with Gasteiger partial charge in [-0.25, -0.2) is 0 Å². The average molecular weight is 506 g/mol. The van der Waals surface area contributed by atoms with Crippen LogP contribution in [0.15, 0.2) is 36.5 Å². The molecule has 0 saturated carbocycles. The van der Waals surface area contributed by atoms with Crippen molar-refractivity contribution in [1.29, 1.82) is 0 Å². The van der Waals surface area contributed by atoms with Gasteiger partial charge in [-0.2, -0.15) is 39.5 Å². The second kappa shape index (κ2) is 9.62. The summed E-state index contributed by atoms with van der Waals surface area (Å²) in [6.45, 7) is 0. The topological polar surface area (TPSA) is 50.2 Å². The number of alkyl halides is 9. The third-order valence-corrected chi connectivity index (χ3v) is 4.71. The fraction of sp³-hybridized carbons (Fsp3) is 0.300. The first-order valence-electron chi connectivity index (χ1n) is 8.91. The Labute approximate surface area is 185 Å². The van der Waals surface area contributed by atoms with E-state index in [0.29, 0.717) is 24.4 Å². The number of nitrogens with zero attached hydrogens (tertiary/aromatic N) is 1. The molecule has 0 aliphatic heterocycles. The van der Waals surface area contributed by atoms with Crippen molar-refractivity contribution in [1.82, 2.24) is 4.98 Å². The van der Waals surface area contributed by atoms with Crippen LogP contribution in [0.1, 0.15) is 46.7 Å². The molecule has 1 aromatic carbocycles. The first-order valence-corrected chi connectivity index (χ1v) is 9.29. The number of rotatable bonds is 6. The third kappa shape index (κ3) is 7.11. The average Bonchev–Trinajstić information content (AvgIpc) is 2.66. The minimum Gasteiger partial charge on any atom is -0.481 e. The normalized spacial score (nSPS) is 14.0. The van der Waals surface area contributed by atoms with Crippen LogP contribution < -0.4 is 0 Å². The summed E-state index contributed by atoms with van der Waals surface area (Å²) in [7, 11) is 0. The first kappa shape index (κ1) is 26.5. The smallest absolute Gasteiger partial charge is 0.433 e. The number of halogens is 10. The van der Waals surface area contributed by atoms with Crippen LogP contribution in [0.3, 0.4) is 0 Å². The van der Waals surface area contributed by atoms with Gasteiger partial charge in [0.25, 0.3) is 0 Å². The molecule has 0 aliphatic carbocycles. The van der Waals surface area contributed by atoms with E-state index in [9.17, 15) is 49.4 Å². The van der Waals surface area contributed by atoms with Gasteiger partial charge in [0.05, 0.1) is 22.1 Å². The number of pyridine rings is 1. The van der Waals surface area contributed by atoms with Crippen LogP contribution in [0.4, 0.5) is 39.5 Å². The number of hydrogen-bond acceptors (Lipinski definition) is 2. The van der Waals surface area contributed by atoms with Crippen molar-refractivity contribution in [3.05, 3.63) is 69.5 Å². The molecule has 2 rings (SSSR count). The molecule has 0 amide bonds. The number of carboxylic acid groups (broad SMARTS) is 1. The van der Waals surface area contributed by atoms with Crippen molar-refractivity contribution in [2.45, 2.75) is 37.3 Å². The third-order valence-electron chi connectivity index (χ3n) is 4.39. The maximum Gasteiger partial charge on any atom is 0.433 e. The molecule has 1 atom stereocenters. The quantitative estimate of drug-likeness (QED) is 0.415. The van der Waals surface area contributed by atoms with E-state index >= 15 is 0 Å². The summed E-state index contributed by atoms with van der Waals surface area (Å²) in [5.74, 6) is -3.05. The molecule has 1 heterocycles. The summed E-state index contributed by atoms with van der Waals surface area (Å²) in [6, 6.07) is 1.40. The Morgan fingerprint density at radius 1 is 0.939 bits per heavy atom. The van der Waals surface area contributed by atoms with Crippen LogP contribution in [0, 0.1) is 0 Å². The molecule has 0 bridgehead atoms. The summed E-state index contributed by atoms with van der Waals surface area (Å²) in [5.41, 5.74) is -5.23. The molecule has 0 spiro atoms. The van der Waals surface area contributed by atoms with E-state index in [0.717, 1.165) is 12.2 Å². The number of hydrogen-bond donors (Lipinski definition) is 1. The van der Waals surface area contributed by atoms with Crippen molar-refractivity contribution < 1.29 is 49.4 Å². The number of allylic oxidation sites excluding steroid dienone is 1. The first-order chi connectivity index (χ1) is 15.0. The van der Waals surface area contributed by atoms with E-state index in [1.807, 2.05) is 0 Å². The predicted molar refractivity (Wildman–Crippen MR) is 99.3 cm³/mol. The van der Waals surface area contributed by atoms with Gasteiger partial charge in [0.2, 0.25) is 0 Å². The van der Waals surface area contributed by atoms with Crippen molar-refractivity contribution in [2.24, 2.45) is 0 Å². The molecule has 2 aromatic rings. The van der Waals surface area contributed by atoms with Gasteiger partial charge in [-0.3, -0.25) is 9.78 Å². The van der Waals surface area contributed by atoms with Crippen molar-refractivity contribution >= 4 is 23.6 Å². The lowest BCUT2D eigenvalue weighted by Gasteiger charge is -2.15. The molecule has 0 fully saturated rings. The Bertz CT molecular complexity index is 1010. The largest absolute Gasteiger partial charge is 0.481 e. The Hall–Kier alpha value is -2.76. The second-order valence-electron chi connectivity index (χ2n) is 6.80. The molecule has 0 aliphatic rings. The molecule has 3 nitrogen and oxygen atoms in total. The lowest BCUT2D eigenvalue weighted by atomic mass is 9.94. The van der Waals surface area contributed by atoms with E-state index in [4.69, 9.17) is 11.6 Å². The van der Waals surface area contributed by atoms with Gasteiger partial charge in [-0.05, 0) is 48.2 Å². The van der Waals surface area contributed by atoms with Crippen LogP contribution in [0.25, 0.3) is 6.08 Å². The zero-order chi connectivity index (χ0) is 25.2. The van der Waals surface area contributed by atoms with Gasteiger partial charge in [-0.1, -0.05) is 23.8 Å². The van der Waals surface area contributed by atoms with E-state index < -0.39 is 52.8 Å². The van der Waals surface area contributed by atoms with Crippen molar-refractivity contribution in [3.8, 4) is 0 Å². The fourth-order valence-electron chi connectivity index (χ4n) is 2.85. The predicted octanol–water partition coefficient (Wildman–Crippen LogP) is 7.45. The second-order valence-corrected chi connectivity index (χ2v) is 7.21. The summed E-state index contributed by atoms with van der Waals surface area (Å²) < 4.78 is 116. The van der Waals surface area contributed by atoms with Crippen molar-refractivity contribution in [3.63, 3.8) is 0 Å². The van der Waals surface area contributed by atoms with Gasteiger partial charge in [0, 0.05) is 6.20 Å². The molecule has 33 heavy (non-hydrogen) atoms. The fourth-order valence-corrected chi connectivity index (χ4v) is 3.08. The highest BCUT2D eigenvalue weighted by Gasteiger charge is 2.37. The van der Waals surface area contributed by atoms with Crippen LogP contribution in [0.2, 0.25) is 5.02 Å². The maximum absolute atomic E-state index is 12.9. The standard InChI is InChI=1S/C20H13ClF9NO2/c21-15-9-31-16(20(28,29)30)8-14(15)13(17(32)33)4-2-1-3-10-5-11(18(22,23)24)7-12(6-10)19(25,26)27/h1,3,5-9,13H,2,4H2,(H,32,33). The SMILES string of the molecule is O=C(O)C(CCC=Cc1cc(C(F)(F)F)cc(C(F)(F)F)c1)c1cc(C(F)(F)F)ncc1Cl. The van der Waals surface area contributed by atoms with E-state index in [2.05, 4.69) is 4.98 Å². The molecular formula is C20H13ClF9NO2. The van der Waals surface area contributed by atoms with E-state index in [-0.39, 0.29) is 29.5 Å². The Kier molecular flexibility index (Phi) is 7.72. The molecule has 1 N–H and O–H groups in total. The van der Waals surface area contributed by atoms with Gasteiger partial charge in [-0.15, -0.1) is 0 Å². The molecule has 0 saturated heterocycles. The summed E-state index contributed by atoms with van der Waals surface area (Å²) in [4.78, 5) is 14.6. The molecule has 180 valence electrons. The lowest BCUT2D eigenvalue weighted by Crippen LogP contribution is -2.15. The van der Waals surface area contributed by atoms with Crippen LogP contribution in [-0.4, -0.2) is 16.1 Å². The maximum atomic E-state index is 12.9. The minimum atomic E-state index is -5.04. The van der Waals surface area contributed by atoms with Gasteiger partial charge in [0.1, 0.15) is 5.69 Å². The highest BCUT2D eigenvalue weighted by atomic mass is 35.5. The zero-order valence-corrected chi connectivity index (χ0v) is 16.9. The van der Waals surface area contributed by atoms with Gasteiger partial charge < -0.3 is 5.11 Å². The minimum absolute atomic E-state index is 0.0402. The molecular weight excluding hydrogens is 493 g/mol. The Morgan fingerprint density at radius 2 is 1.48 bits per heavy atom. The van der Waals surface area contributed by atoms with Gasteiger partial charge >= 0.3 is 24.5 Å². The number of aromatic nitrogens is 1. The molecule has 0 radical (unpaired) electrons. The van der Waals surface area contributed by atoms with Crippen LogP contribution >= 0.6 is 11.6 Å². The van der Waals surface area contributed by atoms with Crippen LogP contribution in [-0.2, 0) is 23.3 Å². The highest BCUT2D eigenvalue weighted by Crippen LogP contribution is 2.37. The number of carbonyl (C=O) groups is 1. The number of aliphatic carboxylic acids is 1. The number of carboxylic acids is 1. The summed E-state index contributed by atoms with van der Waals surface area (Å²) >= 11 is 5.79. The van der Waals surface area contributed by atoms with Crippen LogP contribution in [0.5, 0.6) is 0 Å². The Balaban J connectivity index is 2.28.